The summed E-state index contributed by atoms with van der Waals surface area (Å²) in [6, 6.07) is 9.17. The van der Waals surface area contributed by atoms with Gasteiger partial charge in [-0.05, 0) is 30.2 Å². The molecular formula is C21H34NO6P. The Morgan fingerprint density at radius 3 is 2.17 bits per heavy atom. The van der Waals surface area contributed by atoms with E-state index in [0.29, 0.717) is 12.8 Å². The van der Waals surface area contributed by atoms with Gasteiger partial charge in [0.05, 0.1) is 13.0 Å². The lowest BCUT2D eigenvalue weighted by Crippen LogP contribution is -2.38. The number of hydrogen-bond acceptors (Lipinski definition) is 5. The first-order valence-corrected chi connectivity index (χ1v) is 11.8. The van der Waals surface area contributed by atoms with Gasteiger partial charge in [-0.1, -0.05) is 58.0 Å². The molecule has 0 spiro atoms. The van der Waals surface area contributed by atoms with Gasteiger partial charge in [0, 0.05) is 6.16 Å². The first-order chi connectivity index (χ1) is 13.5. The second-order valence-corrected chi connectivity index (χ2v) is 10.6. The second kappa shape index (κ2) is 12.0. The second-order valence-electron chi connectivity index (χ2n) is 8.14. The van der Waals surface area contributed by atoms with Crippen LogP contribution in [0.15, 0.2) is 30.3 Å². The Labute approximate surface area is 173 Å². The van der Waals surface area contributed by atoms with E-state index in [0.717, 1.165) is 5.56 Å². The van der Waals surface area contributed by atoms with Crippen molar-refractivity contribution >= 4 is 19.4 Å². The van der Waals surface area contributed by atoms with Crippen LogP contribution in [0.1, 0.15) is 46.1 Å². The molecule has 8 heteroatoms. The van der Waals surface area contributed by atoms with Crippen molar-refractivity contribution in [1.29, 1.82) is 0 Å². The molecule has 1 aromatic carbocycles. The molecule has 7 nitrogen and oxygen atoms in total. The highest BCUT2D eigenvalue weighted by Gasteiger charge is 2.38. The molecule has 29 heavy (non-hydrogen) atoms. The van der Waals surface area contributed by atoms with Crippen LogP contribution in [0.5, 0.6) is 0 Å². The predicted molar refractivity (Wildman–Crippen MR) is 113 cm³/mol. The van der Waals surface area contributed by atoms with Gasteiger partial charge in [-0.3, -0.25) is 9.36 Å². The van der Waals surface area contributed by atoms with Gasteiger partial charge in [-0.15, -0.1) is 0 Å². The normalized spacial score (nSPS) is 15.4. The molecule has 1 aromatic rings. The van der Waals surface area contributed by atoms with Gasteiger partial charge in [0.15, 0.2) is 0 Å². The first-order valence-electron chi connectivity index (χ1n) is 9.91. The third kappa shape index (κ3) is 9.46. The highest BCUT2D eigenvalue weighted by atomic mass is 31.2. The lowest BCUT2D eigenvalue weighted by molar-refractivity contribution is -0.145. The zero-order valence-corrected chi connectivity index (χ0v) is 18.9. The van der Waals surface area contributed by atoms with Crippen molar-refractivity contribution in [3.63, 3.8) is 0 Å². The Hall–Kier alpha value is -1.85. The molecule has 0 saturated carbocycles. The van der Waals surface area contributed by atoms with E-state index in [2.05, 4.69) is 5.32 Å². The van der Waals surface area contributed by atoms with Crippen LogP contribution in [0.2, 0.25) is 0 Å². The van der Waals surface area contributed by atoms with E-state index in [1.54, 1.807) is 0 Å². The minimum absolute atomic E-state index is 0.0644. The molecule has 164 valence electrons. The van der Waals surface area contributed by atoms with Gasteiger partial charge >= 0.3 is 12.1 Å². The topological polar surface area (TPSA) is 102 Å². The predicted octanol–water partition coefficient (Wildman–Crippen LogP) is 4.39. The number of methoxy groups -OCH3 is 1. The van der Waals surface area contributed by atoms with E-state index in [9.17, 15) is 19.0 Å². The summed E-state index contributed by atoms with van der Waals surface area (Å²) in [6.07, 6.45) is -0.269. The standard InChI is InChI=1S/C21H34NO6P/c1-15(2)11-18(20(23)27-5)14-29(25,26)19(12-16(3)4)22-21(24)28-13-17-9-7-6-8-10-17/h6-10,15-16,18-19H,11-14H2,1-5H3,(H,22,24)(H,25,26)/t18?,19-/m1/s1. The molecule has 3 atom stereocenters. The summed E-state index contributed by atoms with van der Waals surface area (Å²) >= 11 is 0. The van der Waals surface area contributed by atoms with Crippen LogP contribution < -0.4 is 5.32 Å². The Balaban J connectivity index is 2.85. The fourth-order valence-corrected chi connectivity index (χ4v) is 5.34. The maximum absolute atomic E-state index is 13.1. The SMILES string of the molecule is COC(=O)C(CC(C)C)CP(=O)(O)[C@H](CC(C)C)NC(=O)OCc1ccccc1. The summed E-state index contributed by atoms with van der Waals surface area (Å²) in [6.45, 7) is 7.73. The maximum atomic E-state index is 13.1. The number of amides is 1. The largest absolute Gasteiger partial charge is 0.469 e. The summed E-state index contributed by atoms with van der Waals surface area (Å²) in [7, 11) is -2.63. The van der Waals surface area contributed by atoms with Gasteiger partial charge in [-0.2, -0.15) is 0 Å². The van der Waals surface area contributed by atoms with Crippen molar-refractivity contribution in [3.8, 4) is 0 Å². The molecule has 0 aliphatic carbocycles. The number of carbonyl (C=O) groups is 2. The monoisotopic (exact) mass is 427 g/mol. The van der Waals surface area contributed by atoms with Gasteiger partial charge in [0.25, 0.3) is 0 Å². The van der Waals surface area contributed by atoms with Crippen molar-refractivity contribution in [2.24, 2.45) is 17.8 Å². The molecule has 2 unspecified atom stereocenters. The van der Waals surface area contributed by atoms with Crippen molar-refractivity contribution < 1.29 is 28.5 Å². The minimum Gasteiger partial charge on any atom is -0.469 e. The van der Waals surface area contributed by atoms with E-state index in [1.807, 2.05) is 58.0 Å². The highest BCUT2D eigenvalue weighted by molar-refractivity contribution is 7.58. The number of ether oxygens (including phenoxy) is 2. The molecule has 0 heterocycles. The average molecular weight is 427 g/mol. The highest BCUT2D eigenvalue weighted by Crippen LogP contribution is 2.50. The van der Waals surface area contributed by atoms with Crippen molar-refractivity contribution in [2.45, 2.75) is 52.9 Å². The molecule has 0 bridgehead atoms. The number of rotatable bonds is 11. The average Bonchev–Trinajstić information content (AvgIpc) is 2.64. The summed E-state index contributed by atoms with van der Waals surface area (Å²) in [5.41, 5.74) is 0.818. The smallest absolute Gasteiger partial charge is 0.408 e. The summed E-state index contributed by atoms with van der Waals surface area (Å²) in [5, 5.41) is 2.55. The van der Waals surface area contributed by atoms with Crippen LogP contribution in [0.3, 0.4) is 0 Å². The van der Waals surface area contributed by atoms with Crippen LogP contribution in [-0.2, 0) is 25.4 Å². The summed E-state index contributed by atoms with van der Waals surface area (Å²) in [4.78, 5) is 35.1. The molecule has 0 saturated heterocycles. The molecule has 0 aliphatic rings. The van der Waals surface area contributed by atoms with E-state index in [-0.39, 0.29) is 24.6 Å². The zero-order valence-electron chi connectivity index (χ0n) is 18.0. The Morgan fingerprint density at radius 2 is 1.66 bits per heavy atom. The Bertz CT molecular complexity index is 692. The summed E-state index contributed by atoms with van der Waals surface area (Å²) < 4.78 is 23.2. The van der Waals surface area contributed by atoms with E-state index < -0.39 is 31.1 Å². The lowest BCUT2D eigenvalue weighted by Gasteiger charge is -2.28. The number of carbonyl (C=O) groups excluding carboxylic acids is 2. The fraction of sp³-hybridized carbons (Fsp3) is 0.619. The zero-order chi connectivity index (χ0) is 22.0. The number of alkyl carbamates (subject to hydrolysis) is 1. The number of hydrogen-bond donors (Lipinski definition) is 2. The van der Waals surface area contributed by atoms with Crippen LogP contribution >= 0.6 is 7.37 Å². The van der Waals surface area contributed by atoms with Crippen molar-refractivity contribution in [3.05, 3.63) is 35.9 Å². The van der Waals surface area contributed by atoms with Crippen LogP contribution in [0, 0.1) is 17.8 Å². The van der Waals surface area contributed by atoms with E-state index >= 15 is 0 Å². The van der Waals surface area contributed by atoms with E-state index in [4.69, 9.17) is 9.47 Å². The first kappa shape index (κ1) is 25.2. The third-order valence-corrected chi connectivity index (χ3v) is 6.73. The Morgan fingerprint density at radius 1 is 1.07 bits per heavy atom. The van der Waals surface area contributed by atoms with Gasteiger partial charge < -0.3 is 19.7 Å². The van der Waals surface area contributed by atoms with Crippen molar-refractivity contribution in [2.75, 3.05) is 13.3 Å². The molecule has 1 rings (SSSR count). The molecule has 0 fully saturated rings. The molecular weight excluding hydrogens is 393 g/mol. The number of benzene rings is 1. The van der Waals surface area contributed by atoms with E-state index in [1.165, 1.54) is 7.11 Å². The maximum Gasteiger partial charge on any atom is 0.408 e. The van der Waals surface area contributed by atoms with Crippen molar-refractivity contribution in [1.82, 2.24) is 5.32 Å². The minimum atomic E-state index is -3.90. The molecule has 0 aliphatic heterocycles. The molecule has 2 N–H and O–H groups in total. The van der Waals surface area contributed by atoms with Crippen LogP contribution in [-0.4, -0.2) is 36.0 Å². The van der Waals surface area contributed by atoms with Gasteiger partial charge in [0.1, 0.15) is 12.4 Å². The van der Waals surface area contributed by atoms with Crippen LogP contribution in [0.4, 0.5) is 4.79 Å². The van der Waals surface area contributed by atoms with Crippen LogP contribution in [0.25, 0.3) is 0 Å². The molecule has 0 aromatic heterocycles. The molecule has 1 amide bonds. The lowest BCUT2D eigenvalue weighted by atomic mass is 9.99. The Kier molecular flexibility index (Phi) is 10.4. The molecule has 0 radical (unpaired) electrons. The van der Waals surface area contributed by atoms with Gasteiger partial charge in [0.2, 0.25) is 7.37 Å². The fourth-order valence-electron chi connectivity index (χ4n) is 3.10. The van der Waals surface area contributed by atoms with Gasteiger partial charge in [-0.25, -0.2) is 4.79 Å². The quantitative estimate of drug-likeness (QED) is 0.401. The summed E-state index contributed by atoms with van der Waals surface area (Å²) in [5.74, 6) is -1.98. The number of nitrogens with one attached hydrogen (secondary N) is 1. The number of esters is 1. The third-order valence-electron chi connectivity index (χ3n) is 4.45.